The Balaban J connectivity index is 1.38. The van der Waals surface area contributed by atoms with E-state index in [2.05, 4.69) is 0 Å². The predicted octanol–water partition coefficient (Wildman–Crippen LogP) is 4.44. The van der Waals surface area contributed by atoms with Crippen molar-refractivity contribution in [3.63, 3.8) is 0 Å². The molecule has 174 valence electrons. The third kappa shape index (κ3) is 4.39. The number of benzene rings is 3. The lowest BCUT2D eigenvalue weighted by atomic mass is 10.1. The van der Waals surface area contributed by atoms with Crippen LogP contribution in [0.25, 0.3) is 11.0 Å². The molecule has 0 unspecified atom stereocenters. The quantitative estimate of drug-likeness (QED) is 0.444. The molecule has 34 heavy (non-hydrogen) atoms. The number of nitrogens with zero attached hydrogens (tertiary/aromatic N) is 3. The minimum atomic E-state index is -0.763. The topological polar surface area (TPSA) is 67.6 Å². The molecule has 1 N–H and O–H groups in total. The van der Waals surface area contributed by atoms with E-state index in [9.17, 15) is 14.3 Å². The Morgan fingerprint density at radius 1 is 1.09 bits per heavy atom. The maximum atomic E-state index is 13.3. The van der Waals surface area contributed by atoms with Crippen LogP contribution in [0.1, 0.15) is 23.7 Å². The minimum absolute atomic E-state index is 0.0290. The van der Waals surface area contributed by atoms with Gasteiger partial charge in [0.25, 0.3) is 0 Å². The van der Waals surface area contributed by atoms with Gasteiger partial charge in [-0.05, 0) is 55.0 Å². The van der Waals surface area contributed by atoms with Gasteiger partial charge in [0.15, 0.2) is 0 Å². The zero-order valence-corrected chi connectivity index (χ0v) is 18.9. The number of amides is 1. The number of aliphatic hydroxyl groups excluding tert-OH is 1. The van der Waals surface area contributed by atoms with E-state index in [1.54, 1.807) is 17.0 Å². The van der Waals surface area contributed by atoms with E-state index in [-0.39, 0.29) is 24.2 Å². The van der Waals surface area contributed by atoms with Crippen molar-refractivity contribution < 1.29 is 19.0 Å². The minimum Gasteiger partial charge on any atom is -0.491 e. The van der Waals surface area contributed by atoms with Crippen molar-refractivity contribution in [2.24, 2.45) is 0 Å². The number of carbonyl (C=O) groups excluding carboxylic acids is 1. The molecule has 6 nitrogen and oxygen atoms in total. The number of carbonyl (C=O) groups is 1. The van der Waals surface area contributed by atoms with Crippen LogP contribution in [0.5, 0.6) is 5.75 Å². The molecule has 0 bridgehead atoms. The van der Waals surface area contributed by atoms with Crippen LogP contribution < -0.4 is 9.64 Å². The van der Waals surface area contributed by atoms with Gasteiger partial charge >= 0.3 is 0 Å². The lowest BCUT2D eigenvalue weighted by molar-refractivity contribution is -0.117. The van der Waals surface area contributed by atoms with Gasteiger partial charge in [-0.15, -0.1) is 0 Å². The number of imidazole rings is 1. The molecule has 1 aliphatic heterocycles. The first-order chi connectivity index (χ1) is 16.5. The van der Waals surface area contributed by atoms with Gasteiger partial charge in [0, 0.05) is 24.6 Å². The molecule has 7 heteroatoms. The molecule has 2 atom stereocenters. The predicted molar refractivity (Wildman–Crippen MR) is 129 cm³/mol. The van der Waals surface area contributed by atoms with Crippen LogP contribution in [0.15, 0.2) is 72.8 Å². The molecule has 3 aromatic carbocycles. The van der Waals surface area contributed by atoms with Crippen LogP contribution >= 0.6 is 0 Å². The summed E-state index contributed by atoms with van der Waals surface area (Å²) in [6.45, 7) is 2.85. The number of fused-ring (bicyclic) bond motifs is 1. The molecule has 2 heterocycles. The molecule has 0 saturated carbocycles. The largest absolute Gasteiger partial charge is 0.491 e. The van der Waals surface area contributed by atoms with E-state index in [0.717, 1.165) is 28.2 Å². The number of hydrogen-bond acceptors (Lipinski definition) is 4. The van der Waals surface area contributed by atoms with Gasteiger partial charge in [-0.3, -0.25) is 4.79 Å². The molecule has 1 fully saturated rings. The summed E-state index contributed by atoms with van der Waals surface area (Å²) in [5.41, 5.74) is 3.40. The van der Waals surface area contributed by atoms with Gasteiger partial charge in [0.2, 0.25) is 5.91 Å². The second-order valence-electron chi connectivity index (χ2n) is 8.68. The maximum Gasteiger partial charge on any atom is 0.227 e. The van der Waals surface area contributed by atoms with Crippen LogP contribution in [-0.4, -0.2) is 39.8 Å². The van der Waals surface area contributed by atoms with Gasteiger partial charge in [-0.2, -0.15) is 0 Å². The van der Waals surface area contributed by atoms with Crippen LogP contribution in [-0.2, 0) is 11.3 Å². The van der Waals surface area contributed by atoms with Crippen LogP contribution in [0.4, 0.5) is 10.1 Å². The smallest absolute Gasteiger partial charge is 0.227 e. The lowest BCUT2D eigenvalue weighted by Gasteiger charge is -2.19. The summed E-state index contributed by atoms with van der Waals surface area (Å²) in [7, 11) is 0. The second-order valence-corrected chi connectivity index (χ2v) is 8.68. The number of hydrogen-bond donors (Lipinski definition) is 1. The van der Waals surface area contributed by atoms with Gasteiger partial charge in [0.05, 0.1) is 17.6 Å². The molecule has 0 aliphatic carbocycles. The number of rotatable bonds is 7. The Morgan fingerprint density at radius 2 is 1.82 bits per heavy atom. The summed E-state index contributed by atoms with van der Waals surface area (Å²) in [6.07, 6.45) is -0.461. The third-order valence-corrected chi connectivity index (χ3v) is 6.23. The highest BCUT2D eigenvalue weighted by Gasteiger charge is 2.35. The van der Waals surface area contributed by atoms with Crippen molar-refractivity contribution in [2.75, 3.05) is 18.1 Å². The summed E-state index contributed by atoms with van der Waals surface area (Å²) in [5, 5.41) is 10.8. The summed E-state index contributed by atoms with van der Waals surface area (Å²) < 4.78 is 21.2. The molecule has 1 aromatic heterocycles. The highest BCUT2D eigenvalue weighted by atomic mass is 19.1. The van der Waals surface area contributed by atoms with E-state index in [1.807, 2.05) is 60.0 Å². The Bertz CT molecular complexity index is 1320. The van der Waals surface area contributed by atoms with E-state index in [4.69, 9.17) is 9.72 Å². The summed E-state index contributed by atoms with van der Waals surface area (Å²) in [6, 6.07) is 21.4. The van der Waals surface area contributed by atoms with Crippen LogP contribution in [0.3, 0.4) is 0 Å². The van der Waals surface area contributed by atoms with Crippen molar-refractivity contribution in [3.8, 4) is 5.75 Å². The maximum absolute atomic E-state index is 13.3. The first kappa shape index (κ1) is 22.1. The fourth-order valence-corrected chi connectivity index (χ4v) is 4.52. The van der Waals surface area contributed by atoms with Crippen molar-refractivity contribution in [3.05, 3.63) is 90.0 Å². The van der Waals surface area contributed by atoms with Crippen LogP contribution in [0.2, 0.25) is 0 Å². The average molecular weight is 460 g/mol. The second kappa shape index (κ2) is 9.27. The standard InChI is InChI=1S/C27H26FN3O3/c1-18-6-2-5-9-25(18)34-17-22(32)16-31-24-8-4-3-7-23(24)29-27(31)19-14-26(33)30(15-19)21-12-10-20(28)11-13-21/h2-13,19,22,32H,14-17H2,1H3/t19-,22+/m0/s1. The zero-order valence-electron chi connectivity index (χ0n) is 18.9. The van der Waals surface area contributed by atoms with Crippen molar-refractivity contribution in [2.45, 2.75) is 31.9 Å². The fourth-order valence-electron chi connectivity index (χ4n) is 4.52. The zero-order chi connectivity index (χ0) is 23.7. The molecular weight excluding hydrogens is 433 g/mol. The number of halogens is 1. The Kier molecular flexibility index (Phi) is 6.02. The normalized spacial score (nSPS) is 16.9. The van der Waals surface area contributed by atoms with Crippen molar-refractivity contribution in [1.82, 2.24) is 9.55 Å². The van der Waals surface area contributed by atoms with Gasteiger partial charge in [0.1, 0.15) is 30.1 Å². The van der Waals surface area contributed by atoms with E-state index in [1.165, 1.54) is 12.1 Å². The monoisotopic (exact) mass is 459 g/mol. The molecule has 4 aromatic rings. The third-order valence-electron chi connectivity index (χ3n) is 6.23. The van der Waals surface area contributed by atoms with Crippen molar-refractivity contribution in [1.29, 1.82) is 0 Å². The molecule has 1 saturated heterocycles. The number of ether oxygens (including phenoxy) is 1. The lowest BCUT2D eigenvalue weighted by Crippen LogP contribution is -2.26. The molecular formula is C27H26FN3O3. The Labute approximate surface area is 197 Å². The summed E-state index contributed by atoms with van der Waals surface area (Å²) in [5.74, 6) is 0.992. The van der Waals surface area contributed by atoms with Gasteiger partial charge in [-0.25, -0.2) is 9.37 Å². The number of para-hydroxylation sites is 3. The molecule has 1 amide bonds. The molecule has 0 spiro atoms. The summed E-state index contributed by atoms with van der Waals surface area (Å²) >= 11 is 0. The van der Waals surface area contributed by atoms with Crippen LogP contribution in [0, 0.1) is 12.7 Å². The van der Waals surface area contributed by atoms with E-state index < -0.39 is 6.10 Å². The van der Waals surface area contributed by atoms with Gasteiger partial charge in [-0.1, -0.05) is 30.3 Å². The SMILES string of the molecule is Cc1ccccc1OC[C@H](O)Cn1c([C@H]2CC(=O)N(c3ccc(F)cc3)C2)nc2ccccc21. The number of aryl methyl sites for hydroxylation is 1. The average Bonchev–Trinajstić information content (AvgIpc) is 3.40. The molecule has 1 aliphatic rings. The highest BCUT2D eigenvalue weighted by Crippen LogP contribution is 2.33. The summed E-state index contributed by atoms with van der Waals surface area (Å²) in [4.78, 5) is 19.3. The van der Waals surface area contributed by atoms with Gasteiger partial charge < -0.3 is 19.3 Å². The molecule has 5 rings (SSSR count). The Hall–Kier alpha value is -3.71. The first-order valence-corrected chi connectivity index (χ1v) is 11.4. The first-order valence-electron chi connectivity index (χ1n) is 11.4. The number of anilines is 1. The van der Waals surface area contributed by atoms with Crippen molar-refractivity contribution >= 4 is 22.6 Å². The molecule has 0 radical (unpaired) electrons. The number of aliphatic hydroxyl groups is 1. The Morgan fingerprint density at radius 3 is 2.62 bits per heavy atom. The van der Waals surface area contributed by atoms with E-state index >= 15 is 0 Å². The van der Waals surface area contributed by atoms with E-state index in [0.29, 0.717) is 25.2 Å². The highest BCUT2D eigenvalue weighted by molar-refractivity contribution is 5.96. The number of aromatic nitrogens is 2. The fraction of sp³-hybridized carbons (Fsp3) is 0.259.